The molecule has 1 aromatic heterocycles. The van der Waals surface area contributed by atoms with Crippen LogP contribution in [0.1, 0.15) is 49.5 Å². The molecule has 0 unspecified atom stereocenters. The molecule has 1 aliphatic rings. The van der Waals surface area contributed by atoms with E-state index in [2.05, 4.69) is 4.72 Å². The summed E-state index contributed by atoms with van der Waals surface area (Å²) in [6.07, 6.45) is 2.94. The van der Waals surface area contributed by atoms with Crippen LogP contribution in [0.2, 0.25) is 0 Å². The van der Waals surface area contributed by atoms with E-state index in [4.69, 9.17) is 4.74 Å². The number of nitrogens with one attached hydrogen (secondary N) is 1. The van der Waals surface area contributed by atoms with Gasteiger partial charge in [0, 0.05) is 19.1 Å². The Bertz CT molecular complexity index is 1350. The fourth-order valence-electron chi connectivity index (χ4n) is 4.09. The predicted octanol–water partition coefficient (Wildman–Crippen LogP) is 4.08. The maximum absolute atomic E-state index is 13.1. The quantitative estimate of drug-likeness (QED) is 0.563. The fraction of sp³-hybridized carbons (Fsp3) is 0.391. The predicted molar refractivity (Wildman–Crippen MR) is 130 cm³/mol. The summed E-state index contributed by atoms with van der Waals surface area (Å²) in [7, 11) is -2.51. The highest BCUT2D eigenvalue weighted by Gasteiger charge is 2.25. The number of hydrogen-bond donors (Lipinski definition) is 1. The fourth-order valence-corrected chi connectivity index (χ4v) is 6.22. The van der Waals surface area contributed by atoms with Gasteiger partial charge in [0.2, 0.25) is 0 Å². The van der Waals surface area contributed by atoms with Crippen molar-refractivity contribution >= 4 is 43.2 Å². The number of ether oxygens (including phenoxy) is 1. The first-order valence-electron chi connectivity index (χ1n) is 10.9. The highest BCUT2D eigenvalue weighted by Crippen LogP contribution is 2.28. The number of likely N-dealkylation sites (tertiary alicyclic amines) is 1. The number of piperidine rings is 1. The first-order valence-corrected chi connectivity index (χ1v) is 13.2. The van der Waals surface area contributed by atoms with Gasteiger partial charge in [0.15, 0.2) is 0 Å². The molecular weight excluding hydrogens is 462 g/mol. The molecule has 10 heteroatoms. The lowest BCUT2D eigenvalue weighted by Crippen LogP contribution is -2.35. The van der Waals surface area contributed by atoms with E-state index in [1.54, 1.807) is 27.7 Å². The largest absolute Gasteiger partial charge is 0.496 e. The summed E-state index contributed by atoms with van der Waals surface area (Å²) < 4.78 is 36.5. The van der Waals surface area contributed by atoms with Crippen molar-refractivity contribution in [3.63, 3.8) is 0 Å². The number of anilines is 1. The van der Waals surface area contributed by atoms with Crippen LogP contribution < -0.4 is 14.3 Å². The van der Waals surface area contributed by atoms with Crippen LogP contribution in [0.5, 0.6) is 5.75 Å². The third-order valence-electron chi connectivity index (χ3n) is 5.74. The Kier molecular flexibility index (Phi) is 6.49. The summed E-state index contributed by atoms with van der Waals surface area (Å²) in [6.45, 7) is 5.15. The van der Waals surface area contributed by atoms with Crippen LogP contribution in [-0.2, 0) is 10.0 Å². The lowest BCUT2D eigenvalue weighted by Gasteiger charge is -2.27. The molecule has 1 fully saturated rings. The van der Waals surface area contributed by atoms with Gasteiger partial charge in [0.05, 0.1) is 33.5 Å². The van der Waals surface area contributed by atoms with E-state index in [-0.39, 0.29) is 27.3 Å². The van der Waals surface area contributed by atoms with Crippen molar-refractivity contribution in [3.8, 4) is 5.75 Å². The second-order valence-corrected chi connectivity index (χ2v) is 11.0. The number of benzene rings is 2. The van der Waals surface area contributed by atoms with Crippen molar-refractivity contribution in [2.24, 2.45) is 0 Å². The molecule has 176 valence electrons. The average Bonchev–Trinajstić information content (AvgIpc) is 3.13. The number of amides is 1. The lowest BCUT2D eigenvalue weighted by molar-refractivity contribution is 0.0720. The van der Waals surface area contributed by atoms with Gasteiger partial charge in [0.25, 0.3) is 15.9 Å². The van der Waals surface area contributed by atoms with E-state index >= 15 is 0 Å². The maximum Gasteiger partial charge on any atom is 0.308 e. The number of aromatic nitrogens is 1. The second-order valence-electron chi connectivity index (χ2n) is 8.33. The SMILES string of the molecule is COc1ccc(S(=O)(=O)Nc2ccc3c(c2)sc(=O)n3C(C)C)cc1C(=O)N1CCCCC1. The minimum atomic E-state index is -3.97. The van der Waals surface area contributed by atoms with Crippen LogP contribution in [0.25, 0.3) is 10.2 Å². The molecule has 1 saturated heterocycles. The molecule has 33 heavy (non-hydrogen) atoms. The Morgan fingerprint density at radius 2 is 1.82 bits per heavy atom. The molecule has 1 N–H and O–H groups in total. The molecule has 0 radical (unpaired) electrons. The molecule has 0 bridgehead atoms. The van der Waals surface area contributed by atoms with Gasteiger partial charge in [-0.15, -0.1) is 0 Å². The summed E-state index contributed by atoms with van der Waals surface area (Å²) in [6, 6.07) is 9.32. The number of carbonyl (C=O) groups is 1. The molecule has 1 amide bonds. The third-order valence-corrected chi connectivity index (χ3v) is 8.03. The number of sulfonamides is 1. The summed E-state index contributed by atoms with van der Waals surface area (Å²) in [5.74, 6) is 0.107. The molecule has 2 heterocycles. The monoisotopic (exact) mass is 489 g/mol. The Balaban J connectivity index is 1.65. The summed E-state index contributed by atoms with van der Waals surface area (Å²) in [5.41, 5.74) is 1.34. The molecule has 1 aliphatic heterocycles. The van der Waals surface area contributed by atoms with Crippen molar-refractivity contribution in [3.05, 3.63) is 51.6 Å². The van der Waals surface area contributed by atoms with Crippen molar-refractivity contribution in [2.75, 3.05) is 24.9 Å². The molecule has 0 saturated carbocycles. The van der Waals surface area contributed by atoms with Gasteiger partial charge in [-0.2, -0.15) is 0 Å². The Hall–Kier alpha value is -2.85. The molecule has 2 aromatic carbocycles. The molecule has 0 spiro atoms. The minimum absolute atomic E-state index is 0.00366. The second kappa shape index (κ2) is 9.18. The van der Waals surface area contributed by atoms with Crippen molar-refractivity contribution in [2.45, 2.75) is 44.0 Å². The number of carbonyl (C=O) groups excluding carboxylic acids is 1. The van der Waals surface area contributed by atoms with Crippen LogP contribution in [0.4, 0.5) is 5.69 Å². The average molecular weight is 490 g/mol. The smallest absolute Gasteiger partial charge is 0.308 e. The van der Waals surface area contributed by atoms with Crippen molar-refractivity contribution in [1.29, 1.82) is 0 Å². The number of hydrogen-bond acceptors (Lipinski definition) is 6. The van der Waals surface area contributed by atoms with Crippen LogP contribution in [0.15, 0.2) is 46.1 Å². The van der Waals surface area contributed by atoms with Gasteiger partial charge in [0.1, 0.15) is 5.75 Å². The summed E-state index contributed by atoms with van der Waals surface area (Å²) in [5, 5.41) is 0. The molecule has 0 atom stereocenters. The van der Waals surface area contributed by atoms with Crippen LogP contribution in [0, 0.1) is 0 Å². The van der Waals surface area contributed by atoms with E-state index in [9.17, 15) is 18.0 Å². The molecular formula is C23H27N3O5S2. The Morgan fingerprint density at radius 1 is 1.09 bits per heavy atom. The molecule has 4 rings (SSSR count). The molecule has 3 aromatic rings. The zero-order valence-corrected chi connectivity index (χ0v) is 20.5. The lowest BCUT2D eigenvalue weighted by atomic mass is 10.1. The third kappa shape index (κ3) is 4.63. The van der Waals surface area contributed by atoms with E-state index < -0.39 is 10.0 Å². The number of thiazole rings is 1. The standard InChI is InChI=1S/C23H27N3O5S2/c1-15(2)26-19-9-7-16(13-21(19)32-23(26)28)24-33(29,30)17-8-10-20(31-3)18(14-17)22(27)25-11-5-4-6-12-25/h7-10,13-15,24H,4-6,11-12H2,1-3H3. The van der Waals surface area contributed by atoms with Gasteiger partial charge < -0.3 is 9.64 Å². The van der Waals surface area contributed by atoms with Crippen molar-refractivity contribution < 1.29 is 17.9 Å². The Morgan fingerprint density at radius 3 is 2.48 bits per heavy atom. The van der Waals surface area contributed by atoms with E-state index in [1.165, 1.54) is 25.3 Å². The van der Waals surface area contributed by atoms with E-state index in [0.717, 1.165) is 36.1 Å². The van der Waals surface area contributed by atoms with Gasteiger partial charge in [-0.05, 0) is 69.5 Å². The zero-order chi connectivity index (χ0) is 23.8. The highest BCUT2D eigenvalue weighted by molar-refractivity contribution is 7.92. The van der Waals surface area contributed by atoms with E-state index in [0.29, 0.717) is 29.2 Å². The first-order chi connectivity index (χ1) is 15.7. The first kappa shape index (κ1) is 23.3. The van der Waals surface area contributed by atoms with Crippen LogP contribution in [0.3, 0.4) is 0 Å². The van der Waals surface area contributed by atoms with E-state index in [1.807, 2.05) is 13.8 Å². The van der Waals surface area contributed by atoms with Crippen LogP contribution >= 0.6 is 11.3 Å². The number of methoxy groups -OCH3 is 1. The summed E-state index contributed by atoms with van der Waals surface area (Å²) >= 11 is 1.08. The molecule has 8 nitrogen and oxygen atoms in total. The number of fused-ring (bicyclic) bond motifs is 1. The van der Waals surface area contributed by atoms with Gasteiger partial charge >= 0.3 is 4.87 Å². The maximum atomic E-state index is 13.1. The molecule has 0 aliphatic carbocycles. The Labute approximate surface area is 196 Å². The van der Waals surface area contributed by atoms with Gasteiger partial charge in [-0.25, -0.2) is 8.42 Å². The summed E-state index contributed by atoms with van der Waals surface area (Å²) in [4.78, 5) is 27.0. The highest BCUT2D eigenvalue weighted by atomic mass is 32.2. The number of nitrogens with zero attached hydrogens (tertiary/aromatic N) is 2. The van der Waals surface area contributed by atoms with Gasteiger partial charge in [-0.1, -0.05) is 11.3 Å². The minimum Gasteiger partial charge on any atom is -0.496 e. The number of rotatable bonds is 6. The van der Waals surface area contributed by atoms with Crippen LogP contribution in [-0.4, -0.2) is 44.0 Å². The topological polar surface area (TPSA) is 97.7 Å². The normalized spacial score (nSPS) is 14.6. The van der Waals surface area contributed by atoms with Crippen molar-refractivity contribution in [1.82, 2.24) is 9.47 Å². The van der Waals surface area contributed by atoms with Gasteiger partial charge in [-0.3, -0.25) is 18.9 Å². The zero-order valence-electron chi connectivity index (χ0n) is 18.8.